The smallest absolute Gasteiger partial charge is 0.140 e. The Hall–Kier alpha value is -1.68. The van der Waals surface area contributed by atoms with Gasteiger partial charge in [0.1, 0.15) is 12.2 Å². The van der Waals surface area contributed by atoms with E-state index in [1.54, 1.807) is 6.33 Å². The van der Waals surface area contributed by atoms with Crippen molar-refractivity contribution in [2.75, 3.05) is 0 Å². The molecule has 18 heavy (non-hydrogen) atoms. The molecule has 0 saturated heterocycles. The molecule has 4 heteroatoms. The van der Waals surface area contributed by atoms with Crippen molar-refractivity contribution in [3.8, 4) is 0 Å². The van der Waals surface area contributed by atoms with Gasteiger partial charge in [-0.15, -0.1) is 0 Å². The molecule has 0 atom stereocenters. The number of hydrogen-bond acceptors (Lipinski definition) is 3. The van der Waals surface area contributed by atoms with Crippen molar-refractivity contribution in [1.82, 2.24) is 20.1 Å². The predicted octanol–water partition coefficient (Wildman–Crippen LogP) is 1.55. The van der Waals surface area contributed by atoms with Gasteiger partial charge in [-0.2, -0.15) is 5.10 Å². The summed E-state index contributed by atoms with van der Waals surface area (Å²) < 4.78 is 1.94. The van der Waals surface area contributed by atoms with E-state index in [4.69, 9.17) is 0 Å². The number of rotatable bonds is 4. The molecule has 0 bridgehead atoms. The van der Waals surface area contributed by atoms with Gasteiger partial charge >= 0.3 is 0 Å². The molecule has 1 aliphatic rings. The van der Waals surface area contributed by atoms with E-state index in [-0.39, 0.29) is 0 Å². The van der Waals surface area contributed by atoms with E-state index in [1.165, 1.54) is 11.1 Å². The van der Waals surface area contributed by atoms with Crippen LogP contribution in [0.5, 0.6) is 0 Å². The Labute approximate surface area is 107 Å². The molecular formula is C14H18N4. The van der Waals surface area contributed by atoms with Gasteiger partial charge in [-0.3, -0.25) is 0 Å². The molecule has 2 aromatic rings. The monoisotopic (exact) mass is 242 g/mol. The van der Waals surface area contributed by atoms with E-state index < -0.39 is 0 Å². The Morgan fingerprint density at radius 2 is 2.00 bits per heavy atom. The lowest BCUT2D eigenvalue weighted by Gasteiger charge is -2.11. The first-order valence-corrected chi connectivity index (χ1v) is 6.53. The fourth-order valence-corrected chi connectivity index (χ4v) is 2.63. The summed E-state index contributed by atoms with van der Waals surface area (Å²) in [5, 5.41) is 7.77. The topological polar surface area (TPSA) is 42.7 Å². The summed E-state index contributed by atoms with van der Waals surface area (Å²) >= 11 is 0. The van der Waals surface area contributed by atoms with Crippen LogP contribution in [-0.2, 0) is 25.9 Å². The Balaban J connectivity index is 1.60. The maximum absolute atomic E-state index is 4.29. The third-order valence-corrected chi connectivity index (χ3v) is 3.60. The normalized spacial score (nSPS) is 14.9. The first kappa shape index (κ1) is 11.4. The summed E-state index contributed by atoms with van der Waals surface area (Å²) in [6.07, 6.45) is 3.87. The number of nitrogens with zero attached hydrogens (tertiary/aromatic N) is 3. The van der Waals surface area contributed by atoms with Gasteiger partial charge in [0.05, 0.1) is 6.54 Å². The number of hydrogen-bond donors (Lipinski definition) is 1. The van der Waals surface area contributed by atoms with E-state index in [0.29, 0.717) is 6.04 Å². The summed E-state index contributed by atoms with van der Waals surface area (Å²) in [5.41, 5.74) is 2.96. The highest BCUT2D eigenvalue weighted by Gasteiger charge is 2.20. The molecular weight excluding hydrogens is 224 g/mol. The van der Waals surface area contributed by atoms with Crippen molar-refractivity contribution in [3.63, 3.8) is 0 Å². The van der Waals surface area contributed by atoms with Crippen LogP contribution >= 0.6 is 0 Å². The van der Waals surface area contributed by atoms with Gasteiger partial charge in [-0.05, 0) is 30.9 Å². The third-order valence-electron chi connectivity index (χ3n) is 3.60. The second kappa shape index (κ2) is 4.90. The zero-order chi connectivity index (χ0) is 12.4. The first-order chi connectivity index (χ1) is 8.86. The maximum Gasteiger partial charge on any atom is 0.140 e. The molecule has 0 spiro atoms. The van der Waals surface area contributed by atoms with Gasteiger partial charge in [0, 0.05) is 12.6 Å². The lowest BCUT2D eigenvalue weighted by molar-refractivity contribution is 0.498. The molecule has 1 aliphatic carbocycles. The van der Waals surface area contributed by atoms with Gasteiger partial charge in [0.15, 0.2) is 0 Å². The molecule has 0 radical (unpaired) electrons. The molecule has 94 valence electrons. The average molecular weight is 242 g/mol. The quantitative estimate of drug-likeness (QED) is 0.884. The standard InChI is InChI=1S/C14H18N4/c1-2-18-14(16-10-17-18)9-15-13-7-11-5-3-4-6-12(11)8-13/h3-6,10,13,15H,2,7-9H2,1H3. The molecule has 0 aliphatic heterocycles. The molecule has 0 amide bonds. The Morgan fingerprint density at radius 3 is 2.67 bits per heavy atom. The molecule has 1 N–H and O–H groups in total. The molecule has 1 aromatic carbocycles. The van der Waals surface area contributed by atoms with Crippen molar-refractivity contribution in [3.05, 3.63) is 47.5 Å². The highest BCUT2D eigenvalue weighted by atomic mass is 15.3. The number of fused-ring (bicyclic) bond motifs is 1. The molecule has 1 aromatic heterocycles. The highest BCUT2D eigenvalue weighted by Crippen LogP contribution is 2.21. The van der Waals surface area contributed by atoms with Crippen molar-refractivity contribution < 1.29 is 0 Å². The van der Waals surface area contributed by atoms with Crippen LogP contribution < -0.4 is 5.32 Å². The SMILES string of the molecule is CCn1ncnc1CNC1Cc2ccccc2C1. The minimum absolute atomic E-state index is 0.532. The van der Waals surface area contributed by atoms with Crippen LogP contribution in [0.4, 0.5) is 0 Å². The Bertz CT molecular complexity index is 507. The number of nitrogens with one attached hydrogen (secondary N) is 1. The summed E-state index contributed by atoms with van der Waals surface area (Å²) in [4.78, 5) is 4.29. The van der Waals surface area contributed by atoms with Crippen molar-refractivity contribution in [2.24, 2.45) is 0 Å². The Kier molecular flexibility index (Phi) is 3.11. The summed E-state index contributed by atoms with van der Waals surface area (Å²) in [6.45, 7) is 3.76. The van der Waals surface area contributed by atoms with Crippen molar-refractivity contribution >= 4 is 0 Å². The summed E-state index contributed by atoms with van der Waals surface area (Å²) in [7, 11) is 0. The van der Waals surface area contributed by atoms with Crippen LogP contribution in [0.25, 0.3) is 0 Å². The van der Waals surface area contributed by atoms with Crippen LogP contribution in [0.1, 0.15) is 23.9 Å². The predicted molar refractivity (Wildman–Crippen MR) is 70.2 cm³/mol. The van der Waals surface area contributed by atoms with Crippen molar-refractivity contribution in [1.29, 1.82) is 0 Å². The van der Waals surface area contributed by atoms with Gasteiger partial charge in [0.25, 0.3) is 0 Å². The molecule has 0 saturated carbocycles. The number of benzene rings is 1. The van der Waals surface area contributed by atoms with E-state index in [9.17, 15) is 0 Å². The first-order valence-electron chi connectivity index (χ1n) is 6.53. The van der Waals surface area contributed by atoms with E-state index in [0.717, 1.165) is 31.8 Å². The van der Waals surface area contributed by atoms with Gasteiger partial charge in [-0.25, -0.2) is 9.67 Å². The van der Waals surface area contributed by atoms with E-state index >= 15 is 0 Å². The van der Waals surface area contributed by atoms with Gasteiger partial charge in [-0.1, -0.05) is 24.3 Å². The third kappa shape index (κ3) is 2.16. The van der Waals surface area contributed by atoms with E-state index in [2.05, 4.69) is 46.6 Å². The summed E-state index contributed by atoms with van der Waals surface area (Å²) in [6, 6.07) is 9.23. The maximum atomic E-state index is 4.29. The molecule has 4 nitrogen and oxygen atoms in total. The molecule has 0 unspecified atom stereocenters. The van der Waals surface area contributed by atoms with Gasteiger partial charge < -0.3 is 5.32 Å². The molecule has 0 fully saturated rings. The minimum atomic E-state index is 0.532. The molecule has 1 heterocycles. The fraction of sp³-hybridized carbons (Fsp3) is 0.429. The van der Waals surface area contributed by atoms with Crippen LogP contribution in [0.2, 0.25) is 0 Å². The van der Waals surface area contributed by atoms with Crippen LogP contribution in [0.3, 0.4) is 0 Å². The van der Waals surface area contributed by atoms with Crippen molar-refractivity contribution in [2.45, 2.75) is 38.9 Å². The highest BCUT2D eigenvalue weighted by molar-refractivity contribution is 5.33. The second-order valence-corrected chi connectivity index (χ2v) is 4.75. The fourth-order valence-electron chi connectivity index (χ4n) is 2.63. The largest absolute Gasteiger partial charge is 0.306 e. The lowest BCUT2D eigenvalue weighted by atomic mass is 10.1. The van der Waals surface area contributed by atoms with Crippen LogP contribution in [0.15, 0.2) is 30.6 Å². The average Bonchev–Trinajstić information content (AvgIpc) is 3.01. The zero-order valence-electron chi connectivity index (χ0n) is 10.6. The van der Waals surface area contributed by atoms with Crippen LogP contribution in [-0.4, -0.2) is 20.8 Å². The second-order valence-electron chi connectivity index (χ2n) is 4.75. The molecule has 3 rings (SSSR count). The Morgan fingerprint density at radius 1 is 1.28 bits per heavy atom. The minimum Gasteiger partial charge on any atom is -0.306 e. The lowest BCUT2D eigenvalue weighted by Crippen LogP contribution is -2.30. The van der Waals surface area contributed by atoms with Crippen LogP contribution in [0, 0.1) is 0 Å². The number of aryl methyl sites for hydroxylation is 1. The number of aromatic nitrogens is 3. The van der Waals surface area contributed by atoms with E-state index in [1.807, 2.05) is 4.68 Å². The zero-order valence-corrected chi connectivity index (χ0v) is 10.6. The summed E-state index contributed by atoms with van der Waals surface area (Å²) in [5.74, 6) is 1.02. The van der Waals surface area contributed by atoms with Gasteiger partial charge in [0.2, 0.25) is 0 Å².